The molecule has 6 nitrogen and oxygen atoms in total. The van der Waals surface area contributed by atoms with Crippen LogP contribution in [0.5, 0.6) is 0 Å². The van der Waals surface area contributed by atoms with E-state index in [0.717, 1.165) is 0 Å². The van der Waals surface area contributed by atoms with Gasteiger partial charge < -0.3 is 20.8 Å². The molecular weight excluding hydrogens is 188 g/mol. The fraction of sp³-hybridized carbons (Fsp3) is 0.750. The molecule has 0 amide bonds. The summed E-state index contributed by atoms with van der Waals surface area (Å²) in [6.45, 7) is 2.55. The molecular formula is C8H16N2O4. The summed E-state index contributed by atoms with van der Waals surface area (Å²) in [6.07, 6.45) is 0.0457. The molecule has 0 rings (SSSR count). The van der Waals surface area contributed by atoms with Crippen LogP contribution >= 0.6 is 0 Å². The van der Waals surface area contributed by atoms with Crippen molar-refractivity contribution in [2.75, 3.05) is 13.1 Å². The van der Waals surface area contributed by atoms with Crippen LogP contribution in [0, 0.1) is 0 Å². The zero-order chi connectivity index (χ0) is 11.0. The molecule has 0 atom stereocenters. The molecule has 0 heterocycles. The molecule has 4 N–H and O–H groups in total. The van der Waals surface area contributed by atoms with Crippen LogP contribution in [0.4, 0.5) is 0 Å². The normalized spacial score (nSPS) is 10.4. The Kier molecular flexibility index (Phi) is 6.69. The summed E-state index contributed by atoms with van der Waals surface area (Å²) in [5.74, 6) is -1.70. The van der Waals surface area contributed by atoms with Gasteiger partial charge in [-0.15, -0.1) is 0 Å². The van der Waals surface area contributed by atoms with E-state index in [4.69, 9.17) is 10.2 Å². The standard InChI is InChI=1S/C8H16N2O4/c1-6(9-4-2-7(11)12)10-5-3-8(13)14/h6,9-10H,2-5H2,1H3,(H,11,12)(H,13,14). The van der Waals surface area contributed by atoms with Crippen molar-refractivity contribution in [2.45, 2.75) is 25.9 Å². The first-order valence-electron chi connectivity index (χ1n) is 4.42. The van der Waals surface area contributed by atoms with Crippen molar-refractivity contribution >= 4 is 11.9 Å². The van der Waals surface area contributed by atoms with E-state index >= 15 is 0 Å². The molecule has 0 aromatic rings. The van der Waals surface area contributed by atoms with E-state index in [-0.39, 0.29) is 19.0 Å². The smallest absolute Gasteiger partial charge is 0.304 e. The lowest BCUT2D eigenvalue weighted by Gasteiger charge is -2.13. The maximum atomic E-state index is 10.1. The van der Waals surface area contributed by atoms with Crippen molar-refractivity contribution in [3.63, 3.8) is 0 Å². The summed E-state index contributed by atoms with van der Waals surface area (Å²) < 4.78 is 0. The number of aliphatic carboxylic acids is 2. The quantitative estimate of drug-likeness (QED) is 0.396. The Bertz CT molecular complexity index is 176. The maximum Gasteiger partial charge on any atom is 0.304 e. The third-order valence-electron chi connectivity index (χ3n) is 1.58. The molecule has 14 heavy (non-hydrogen) atoms. The molecule has 0 bridgehead atoms. The number of nitrogens with one attached hydrogen (secondary N) is 2. The summed E-state index contributed by atoms with van der Waals surface area (Å²) in [7, 11) is 0. The molecule has 0 aliphatic rings. The highest BCUT2D eigenvalue weighted by atomic mass is 16.4. The first-order chi connectivity index (χ1) is 6.52. The highest BCUT2D eigenvalue weighted by Crippen LogP contribution is 1.81. The lowest BCUT2D eigenvalue weighted by molar-refractivity contribution is -0.137. The zero-order valence-electron chi connectivity index (χ0n) is 8.12. The first-order valence-corrected chi connectivity index (χ1v) is 4.42. The van der Waals surface area contributed by atoms with Crippen molar-refractivity contribution < 1.29 is 19.8 Å². The molecule has 0 aliphatic heterocycles. The van der Waals surface area contributed by atoms with Crippen LogP contribution < -0.4 is 10.6 Å². The van der Waals surface area contributed by atoms with Crippen LogP contribution in [0.15, 0.2) is 0 Å². The highest BCUT2D eigenvalue weighted by molar-refractivity contribution is 5.67. The Hall–Kier alpha value is -1.14. The molecule has 0 aromatic heterocycles. The maximum absolute atomic E-state index is 10.1. The Morgan fingerprint density at radius 3 is 1.71 bits per heavy atom. The molecule has 0 aliphatic carbocycles. The Balaban J connectivity index is 3.32. The fourth-order valence-electron chi connectivity index (χ4n) is 0.863. The monoisotopic (exact) mass is 204 g/mol. The van der Waals surface area contributed by atoms with Crippen molar-refractivity contribution in [3.8, 4) is 0 Å². The van der Waals surface area contributed by atoms with E-state index in [9.17, 15) is 9.59 Å². The molecule has 0 unspecified atom stereocenters. The lowest BCUT2D eigenvalue weighted by Crippen LogP contribution is -2.41. The Morgan fingerprint density at radius 1 is 1.07 bits per heavy atom. The molecule has 0 spiro atoms. The van der Waals surface area contributed by atoms with E-state index in [1.54, 1.807) is 0 Å². The van der Waals surface area contributed by atoms with E-state index in [2.05, 4.69) is 10.6 Å². The number of carbonyl (C=O) groups is 2. The highest BCUT2D eigenvalue weighted by Gasteiger charge is 2.02. The predicted molar refractivity (Wildman–Crippen MR) is 50.0 cm³/mol. The van der Waals surface area contributed by atoms with Gasteiger partial charge in [0.15, 0.2) is 0 Å². The van der Waals surface area contributed by atoms with Gasteiger partial charge in [0.1, 0.15) is 0 Å². The number of hydrogen-bond donors (Lipinski definition) is 4. The topological polar surface area (TPSA) is 98.7 Å². The Morgan fingerprint density at radius 2 is 1.43 bits per heavy atom. The van der Waals surface area contributed by atoms with Gasteiger partial charge in [0, 0.05) is 13.1 Å². The minimum absolute atomic E-state index is 0.0605. The van der Waals surface area contributed by atoms with E-state index in [1.807, 2.05) is 6.92 Å². The van der Waals surface area contributed by atoms with Gasteiger partial charge in [0.2, 0.25) is 0 Å². The van der Waals surface area contributed by atoms with Gasteiger partial charge in [-0.2, -0.15) is 0 Å². The largest absolute Gasteiger partial charge is 0.481 e. The summed E-state index contributed by atoms with van der Waals surface area (Å²) in [6, 6.07) is 0. The van der Waals surface area contributed by atoms with Crippen LogP contribution in [0.2, 0.25) is 0 Å². The zero-order valence-corrected chi connectivity index (χ0v) is 8.12. The second-order valence-electron chi connectivity index (χ2n) is 2.92. The molecule has 0 saturated heterocycles. The van der Waals surface area contributed by atoms with Crippen molar-refractivity contribution in [1.29, 1.82) is 0 Å². The molecule has 0 saturated carbocycles. The van der Waals surface area contributed by atoms with E-state index < -0.39 is 11.9 Å². The van der Waals surface area contributed by atoms with Crippen molar-refractivity contribution in [3.05, 3.63) is 0 Å². The molecule has 0 radical (unpaired) electrons. The van der Waals surface area contributed by atoms with E-state index in [0.29, 0.717) is 13.1 Å². The van der Waals surface area contributed by atoms with Crippen LogP contribution in [-0.2, 0) is 9.59 Å². The minimum Gasteiger partial charge on any atom is -0.481 e. The summed E-state index contributed by atoms with van der Waals surface area (Å²) in [5.41, 5.74) is 0. The second kappa shape index (κ2) is 7.28. The third-order valence-corrected chi connectivity index (χ3v) is 1.58. The van der Waals surface area contributed by atoms with Gasteiger partial charge in [-0.05, 0) is 6.92 Å². The first kappa shape index (κ1) is 12.9. The summed E-state index contributed by atoms with van der Waals surface area (Å²) in [5, 5.41) is 22.5. The minimum atomic E-state index is -0.852. The SMILES string of the molecule is CC(NCCC(=O)O)NCCC(=O)O. The van der Waals surface area contributed by atoms with Crippen LogP contribution in [0.3, 0.4) is 0 Å². The molecule has 82 valence electrons. The van der Waals surface area contributed by atoms with Crippen molar-refractivity contribution in [1.82, 2.24) is 10.6 Å². The van der Waals surface area contributed by atoms with Crippen LogP contribution in [-0.4, -0.2) is 41.4 Å². The number of hydrogen-bond acceptors (Lipinski definition) is 4. The predicted octanol–water partition coefficient (Wildman–Crippen LogP) is -0.539. The van der Waals surface area contributed by atoms with Crippen molar-refractivity contribution in [2.24, 2.45) is 0 Å². The van der Waals surface area contributed by atoms with E-state index in [1.165, 1.54) is 0 Å². The Labute approximate surface area is 82.3 Å². The molecule has 0 aromatic carbocycles. The third kappa shape index (κ3) is 8.95. The number of rotatable bonds is 8. The van der Waals surface area contributed by atoms with Gasteiger partial charge in [-0.3, -0.25) is 9.59 Å². The van der Waals surface area contributed by atoms with Gasteiger partial charge >= 0.3 is 11.9 Å². The summed E-state index contributed by atoms with van der Waals surface area (Å²) in [4.78, 5) is 20.3. The average Bonchev–Trinajstić information content (AvgIpc) is 2.02. The van der Waals surface area contributed by atoms with Gasteiger partial charge in [-0.1, -0.05) is 0 Å². The second-order valence-corrected chi connectivity index (χ2v) is 2.92. The average molecular weight is 204 g/mol. The lowest BCUT2D eigenvalue weighted by atomic mass is 10.4. The number of carboxylic acid groups (broad SMARTS) is 2. The van der Waals surface area contributed by atoms with Gasteiger partial charge in [0.25, 0.3) is 0 Å². The number of carboxylic acids is 2. The molecule has 0 fully saturated rings. The van der Waals surface area contributed by atoms with Crippen LogP contribution in [0.1, 0.15) is 19.8 Å². The van der Waals surface area contributed by atoms with Crippen LogP contribution in [0.25, 0.3) is 0 Å². The van der Waals surface area contributed by atoms with Gasteiger partial charge in [0.05, 0.1) is 19.0 Å². The molecule has 6 heteroatoms. The fourth-order valence-corrected chi connectivity index (χ4v) is 0.863. The summed E-state index contributed by atoms with van der Waals surface area (Å²) >= 11 is 0. The van der Waals surface area contributed by atoms with Gasteiger partial charge in [-0.25, -0.2) is 0 Å².